The highest BCUT2D eigenvalue weighted by Gasteiger charge is 2.38. The number of nitrogens with zero attached hydrogens (tertiary/aromatic N) is 3. The minimum atomic E-state index is -5.08. The number of alkyl halides is 3. The number of carboxylic acid groups (broad SMARTS) is 1. The fourth-order valence-electron chi connectivity index (χ4n) is 2.98. The maximum absolute atomic E-state index is 12.5. The smallest absolute Gasteiger partial charge is 0.475 e. The predicted octanol–water partition coefficient (Wildman–Crippen LogP) is 3.97. The SMILES string of the molecule is Cc1nccn1CCc1nc2ccc(-c3ccccc3)cc2c(=O)[nH]1.O=C(O)C(F)(F)F. The monoisotopic (exact) mass is 444 g/mol. The van der Waals surface area contributed by atoms with Crippen molar-refractivity contribution in [2.75, 3.05) is 0 Å². The molecule has 0 aliphatic heterocycles. The molecule has 2 heterocycles. The maximum Gasteiger partial charge on any atom is 0.490 e. The lowest BCUT2D eigenvalue weighted by atomic mass is 10.0. The Labute approximate surface area is 180 Å². The van der Waals surface area contributed by atoms with E-state index in [4.69, 9.17) is 9.90 Å². The van der Waals surface area contributed by atoms with Gasteiger partial charge in [0.2, 0.25) is 0 Å². The number of nitrogens with one attached hydrogen (secondary N) is 1. The van der Waals surface area contributed by atoms with E-state index in [0.29, 0.717) is 17.6 Å². The van der Waals surface area contributed by atoms with E-state index in [1.807, 2.05) is 66.2 Å². The molecule has 0 saturated heterocycles. The van der Waals surface area contributed by atoms with Gasteiger partial charge in [-0.05, 0) is 30.2 Å². The molecule has 0 atom stereocenters. The minimum Gasteiger partial charge on any atom is -0.475 e. The lowest BCUT2D eigenvalue weighted by Crippen LogP contribution is -2.21. The molecule has 0 fully saturated rings. The van der Waals surface area contributed by atoms with Crippen molar-refractivity contribution in [1.82, 2.24) is 19.5 Å². The van der Waals surface area contributed by atoms with Gasteiger partial charge in [0.15, 0.2) is 0 Å². The third-order valence-corrected chi connectivity index (χ3v) is 4.62. The lowest BCUT2D eigenvalue weighted by molar-refractivity contribution is -0.192. The molecule has 0 saturated carbocycles. The first-order valence-electron chi connectivity index (χ1n) is 9.51. The molecule has 2 aromatic carbocycles. The summed E-state index contributed by atoms with van der Waals surface area (Å²) < 4.78 is 33.8. The summed E-state index contributed by atoms with van der Waals surface area (Å²) in [7, 11) is 0. The molecule has 4 aromatic rings. The Morgan fingerprint density at radius 2 is 1.81 bits per heavy atom. The second-order valence-corrected chi connectivity index (χ2v) is 6.83. The van der Waals surface area contributed by atoms with E-state index in [9.17, 15) is 18.0 Å². The van der Waals surface area contributed by atoms with Crippen LogP contribution < -0.4 is 5.56 Å². The van der Waals surface area contributed by atoms with Crippen LogP contribution in [0.25, 0.3) is 22.0 Å². The zero-order valence-corrected chi connectivity index (χ0v) is 16.9. The molecule has 7 nitrogen and oxygen atoms in total. The van der Waals surface area contributed by atoms with Gasteiger partial charge in [0.1, 0.15) is 11.6 Å². The van der Waals surface area contributed by atoms with Gasteiger partial charge in [0.05, 0.1) is 10.9 Å². The van der Waals surface area contributed by atoms with Gasteiger partial charge in [-0.25, -0.2) is 14.8 Å². The lowest BCUT2D eigenvalue weighted by Gasteiger charge is -2.07. The molecule has 0 amide bonds. The van der Waals surface area contributed by atoms with Gasteiger partial charge in [-0.2, -0.15) is 13.2 Å². The number of aryl methyl sites for hydroxylation is 3. The first kappa shape index (κ1) is 22.7. The first-order valence-corrected chi connectivity index (χ1v) is 9.51. The van der Waals surface area contributed by atoms with Gasteiger partial charge in [-0.3, -0.25) is 4.79 Å². The standard InChI is InChI=1S/C20H18N4O.C2HF3O2/c1-14-21-10-12-24(14)11-9-19-22-18-8-7-16(13-17(18)20(25)23-19)15-5-3-2-4-6-15;3-2(4,5)1(6)7/h2-8,10,12-13H,9,11H2,1H3,(H,22,23,25);(H,6,7). The van der Waals surface area contributed by atoms with E-state index in [1.165, 1.54) is 0 Å². The van der Waals surface area contributed by atoms with Crippen molar-refractivity contribution in [2.45, 2.75) is 26.1 Å². The molecule has 0 unspecified atom stereocenters. The fourth-order valence-corrected chi connectivity index (χ4v) is 2.98. The molecule has 4 rings (SSSR count). The number of rotatable bonds is 4. The van der Waals surface area contributed by atoms with Crippen LogP contribution in [-0.4, -0.2) is 36.8 Å². The number of aliphatic carboxylic acids is 1. The molecular formula is C22H19F3N4O3. The van der Waals surface area contributed by atoms with Gasteiger partial charge >= 0.3 is 12.1 Å². The Balaban J connectivity index is 0.000000360. The molecular weight excluding hydrogens is 425 g/mol. The van der Waals surface area contributed by atoms with Crippen molar-refractivity contribution in [1.29, 1.82) is 0 Å². The van der Waals surface area contributed by atoms with Crippen LogP contribution >= 0.6 is 0 Å². The van der Waals surface area contributed by atoms with Gasteiger partial charge in [-0.1, -0.05) is 36.4 Å². The molecule has 0 bridgehead atoms. The van der Waals surface area contributed by atoms with Crippen LogP contribution in [0.1, 0.15) is 11.6 Å². The molecule has 0 spiro atoms. The van der Waals surface area contributed by atoms with Crippen LogP contribution in [0, 0.1) is 6.92 Å². The highest BCUT2D eigenvalue weighted by molar-refractivity contribution is 5.83. The minimum absolute atomic E-state index is 0.0971. The number of carboxylic acids is 1. The fraction of sp³-hybridized carbons (Fsp3) is 0.182. The number of carbonyl (C=O) groups is 1. The van der Waals surface area contributed by atoms with E-state index in [1.54, 1.807) is 6.20 Å². The van der Waals surface area contributed by atoms with Crippen LogP contribution in [0.5, 0.6) is 0 Å². The molecule has 0 radical (unpaired) electrons. The summed E-state index contributed by atoms with van der Waals surface area (Å²) in [5.74, 6) is -1.11. The normalized spacial score (nSPS) is 11.1. The molecule has 2 aromatic heterocycles. The Hall–Kier alpha value is -3.95. The van der Waals surface area contributed by atoms with E-state index < -0.39 is 12.1 Å². The van der Waals surface area contributed by atoms with Gasteiger partial charge in [0, 0.05) is 25.4 Å². The van der Waals surface area contributed by atoms with Gasteiger partial charge in [-0.15, -0.1) is 0 Å². The highest BCUT2D eigenvalue weighted by Crippen LogP contribution is 2.21. The zero-order chi connectivity index (χ0) is 23.3. The molecule has 0 aliphatic rings. The van der Waals surface area contributed by atoms with Crippen LogP contribution in [0.4, 0.5) is 13.2 Å². The average molecular weight is 444 g/mol. The van der Waals surface area contributed by atoms with Crippen molar-refractivity contribution in [3.63, 3.8) is 0 Å². The van der Waals surface area contributed by atoms with E-state index in [0.717, 1.165) is 29.0 Å². The van der Waals surface area contributed by atoms with Crippen molar-refractivity contribution in [3.05, 3.63) is 82.9 Å². The van der Waals surface area contributed by atoms with Gasteiger partial charge < -0.3 is 14.7 Å². The summed E-state index contributed by atoms with van der Waals surface area (Å²) >= 11 is 0. The number of hydrogen-bond acceptors (Lipinski definition) is 4. The van der Waals surface area contributed by atoms with E-state index >= 15 is 0 Å². The Morgan fingerprint density at radius 3 is 2.41 bits per heavy atom. The highest BCUT2D eigenvalue weighted by atomic mass is 19.4. The first-order chi connectivity index (χ1) is 15.1. The summed E-state index contributed by atoms with van der Waals surface area (Å²) in [6.07, 6.45) is -0.722. The number of halogens is 3. The van der Waals surface area contributed by atoms with Crippen molar-refractivity contribution < 1.29 is 23.1 Å². The molecule has 2 N–H and O–H groups in total. The molecule has 10 heteroatoms. The number of hydrogen-bond donors (Lipinski definition) is 2. The number of H-pyrrole nitrogens is 1. The summed E-state index contributed by atoms with van der Waals surface area (Å²) in [6.45, 7) is 2.70. The molecule has 166 valence electrons. The van der Waals surface area contributed by atoms with Crippen molar-refractivity contribution >= 4 is 16.9 Å². The number of benzene rings is 2. The summed E-state index contributed by atoms with van der Waals surface area (Å²) in [4.78, 5) is 33.1. The van der Waals surface area contributed by atoms with Crippen LogP contribution in [-0.2, 0) is 17.8 Å². The summed E-state index contributed by atoms with van der Waals surface area (Å²) in [6, 6.07) is 15.8. The van der Waals surface area contributed by atoms with E-state index in [-0.39, 0.29) is 5.56 Å². The second kappa shape index (κ2) is 9.46. The number of fused-ring (bicyclic) bond motifs is 1. The summed E-state index contributed by atoms with van der Waals surface area (Å²) in [5, 5.41) is 7.74. The Morgan fingerprint density at radius 1 is 1.12 bits per heavy atom. The third-order valence-electron chi connectivity index (χ3n) is 4.62. The Bertz CT molecular complexity index is 1280. The summed E-state index contributed by atoms with van der Waals surface area (Å²) in [5.41, 5.74) is 2.73. The Kier molecular flexibility index (Phi) is 6.72. The molecule has 0 aliphatic carbocycles. The average Bonchev–Trinajstić information content (AvgIpc) is 3.17. The zero-order valence-electron chi connectivity index (χ0n) is 16.9. The van der Waals surface area contributed by atoms with E-state index in [2.05, 4.69) is 15.0 Å². The predicted molar refractivity (Wildman–Crippen MR) is 112 cm³/mol. The third kappa shape index (κ3) is 5.60. The van der Waals surface area contributed by atoms with Crippen molar-refractivity contribution in [2.24, 2.45) is 0 Å². The quantitative estimate of drug-likeness (QED) is 0.496. The number of imidazole rings is 1. The topological polar surface area (TPSA) is 101 Å². The number of aromatic nitrogens is 4. The van der Waals surface area contributed by atoms with Crippen molar-refractivity contribution in [3.8, 4) is 11.1 Å². The van der Waals surface area contributed by atoms with Crippen LogP contribution in [0.15, 0.2) is 65.7 Å². The van der Waals surface area contributed by atoms with Crippen LogP contribution in [0.3, 0.4) is 0 Å². The second-order valence-electron chi connectivity index (χ2n) is 6.83. The van der Waals surface area contributed by atoms with Crippen LogP contribution in [0.2, 0.25) is 0 Å². The van der Waals surface area contributed by atoms with Gasteiger partial charge in [0.25, 0.3) is 5.56 Å². The molecule has 32 heavy (non-hydrogen) atoms. The largest absolute Gasteiger partial charge is 0.490 e. The maximum atomic E-state index is 12.5. The number of aromatic amines is 1.